The van der Waals surface area contributed by atoms with Crippen molar-refractivity contribution in [2.24, 2.45) is 40.1 Å². The Labute approximate surface area is 438 Å². The van der Waals surface area contributed by atoms with E-state index in [2.05, 4.69) is 43.5 Å². The standard InChI is InChI=1S/C52H78N10O13/c1-11-28(2)26-40-49(70)61-43(51(73)74)32(6)45(66)58-38(19-15-16-24-55-52(53)54)48(69)57-37(21-20-29(3)25-30(4)41(75-35(9)63)27-36-17-13-12-14-18-36)31(5)44(65)59-39(50(71)72)22-23-42(64)62(10)34(8)47(68)56-33(7)46(67)60-40/h12-14,17-18,20-21,25,28,30-33,37-41,43H,8,11,15-16,19,22-24,26-27H2,1-7,9-10H3,(H,56,68)(H,57,69)(H,58,66)(H,59,65)(H,60,67)(H,61,70)(H,71,72)(H,73,74)(H4,53,54,55)/b21-20+,29-25+/t28-,30-,31-,32-,33+,37-,38-,39+,40-,41-,43+/m0/s1. The number of aliphatic carboxylic acids is 2. The van der Waals surface area contributed by atoms with E-state index in [0.717, 1.165) is 10.5 Å². The molecular formula is C52H78N10O13. The third kappa shape index (κ3) is 21.8. The summed E-state index contributed by atoms with van der Waals surface area (Å²) in [6, 6.07) is 0.537. The van der Waals surface area contributed by atoms with E-state index in [1.54, 1.807) is 19.9 Å². The summed E-state index contributed by atoms with van der Waals surface area (Å²) in [6.07, 6.45) is 4.87. The predicted octanol–water partition coefficient (Wildman–Crippen LogP) is 1.32. The van der Waals surface area contributed by atoms with Gasteiger partial charge in [0.25, 0.3) is 5.91 Å². The van der Waals surface area contributed by atoms with Gasteiger partial charge in [0.1, 0.15) is 42.0 Å². The molecule has 0 bridgehead atoms. The van der Waals surface area contributed by atoms with Crippen molar-refractivity contribution in [1.29, 1.82) is 0 Å². The molecule has 0 aliphatic carbocycles. The van der Waals surface area contributed by atoms with E-state index in [1.807, 2.05) is 50.3 Å². The molecule has 0 spiro atoms. The second kappa shape index (κ2) is 31.2. The van der Waals surface area contributed by atoms with Crippen LogP contribution in [0.1, 0.15) is 106 Å². The Hall–Kier alpha value is -7.59. The van der Waals surface area contributed by atoms with Gasteiger partial charge in [-0.25, -0.2) is 9.59 Å². The molecule has 0 unspecified atom stereocenters. The Bertz CT molecular complexity index is 2300. The fraction of sp³-hybridized carbons (Fsp3) is 0.558. The predicted molar refractivity (Wildman–Crippen MR) is 278 cm³/mol. The van der Waals surface area contributed by atoms with E-state index < -0.39 is 132 Å². The fourth-order valence-electron chi connectivity index (χ4n) is 7.78. The first-order valence-electron chi connectivity index (χ1n) is 25.0. The molecule has 414 valence electrons. The number of rotatable bonds is 17. The van der Waals surface area contributed by atoms with Crippen LogP contribution in [-0.2, 0) is 59.1 Å². The molecule has 0 saturated carbocycles. The molecule has 7 amide bonds. The molecule has 0 aromatic heterocycles. The zero-order valence-corrected chi connectivity index (χ0v) is 44.5. The van der Waals surface area contributed by atoms with Crippen molar-refractivity contribution in [2.75, 3.05) is 13.6 Å². The van der Waals surface area contributed by atoms with Crippen LogP contribution in [0.4, 0.5) is 0 Å². The minimum Gasteiger partial charge on any atom is -0.480 e. The number of carboxylic acid groups (broad SMARTS) is 2. The number of ether oxygens (including phenoxy) is 1. The molecule has 23 nitrogen and oxygen atoms in total. The number of nitrogens with one attached hydrogen (secondary N) is 6. The van der Waals surface area contributed by atoms with E-state index in [4.69, 9.17) is 16.2 Å². The van der Waals surface area contributed by atoms with Gasteiger partial charge in [-0.05, 0) is 57.4 Å². The molecular weight excluding hydrogens is 973 g/mol. The number of guanidine groups is 1. The van der Waals surface area contributed by atoms with Crippen LogP contribution in [-0.4, -0.2) is 136 Å². The summed E-state index contributed by atoms with van der Waals surface area (Å²) in [6.45, 7) is 16.3. The molecule has 1 saturated heterocycles. The van der Waals surface area contributed by atoms with Crippen molar-refractivity contribution in [3.63, 3.8) is 0 Å². The van der Waals surface area contributed by atoms with Gasteiger partial charge in [-0.3, -0.25) is 43.3 Å². The molecule has 1 aromatic rings. The minimum atomic E-state index is -1.89. The van der Waals surface area contributed by atoms with Crippen molar-refractivity contribution in [2.45, 2.75) is 149 Å². The van der Waals surface area contributed by atoms with Crippen LogP contribution in [0, 0.1) is 23.7 Å². The zero-order valence-electron chi connectivity index (χ0n) is 44.5. The number of hydrogen-bond donors (Lipinski definition) is 10. The van der Waals surface area contributed by atoms with Crippen molar-refractivity contribution in [3.05, 3.63) is 72.0 Å². The lowest BCUT2D eigenvalue weighted by Gasteiger charge is -2.29. The lowest BCUT2D eigenvalue weighted by atomic mass is 9.94. The molecule has 12 N–H and O–H groups in total. The summed E-state index contributed by atoms with van der Waals surface area (Å²) in [5, 5.41) is 35.7. The number of likely N-dealkylation sites (N-methyl/N-ethyl adjacent to an activating group) is 1. The van der Waals surface area contributed by atoms with Gasteiger partial charge in [0, 0.05) is 39.3 Å². The largest absolute Gasteiger partial charge is 0.480 e. The number of carbonyl (C=O) groups is 10. The molecule has 1 heterocycles. The Morgan fingerprint density at radius 2 is 1.44 bits per heavy atom. The number of unbranched alkanes of at least 4 members (excludes halogenated alkanes) is 1. The van der Waals surface area contributed by atoms with Crippen LogP contribution in [0.2, 0.25) is 0 Å². The number of hydrogen-bond acceptors (Lipinski definition) is 12. The molecule has 1 aliphatic heterocycles. The third-order valence-corrected chi connectivity index (χ3v) is 12.9. The van der Waals surface area contributed by atoms with Crippen LogP contribution in [0.3, 0.4) is 0 Å². The summed E-state index contributed by atoms with van der Waals surface area (Å²) >= 11 is 0. The molecule has 0 radical (unpaired) electrons. The lowest BCUT2D eigenvalue weighted by Crippen LogP contribution is -2.59. The van der Waals surface area contributed by atoms with Gasteiger partial charge < -0.3 is 63.2 Å². The highest BCUT2D eigenvalue weighted by Gasteiger charge is 2.37. The molecule has 1 aliphatic rings. The Morgan fingerprint density at radius 1 is 0.827 bits per heavy atom. The summed E-state index contributed by atoms with van der Waals surface area (Å²) in [5.41, 5.74) is 12.1. The maximum Gasteiger partial charge on any atom is 0.327 e. The van der Waals surface area contributed by atoms with Crippen molar-refractivity contribution >= 4 is 65.2 Å². The molecule has 1 fully saturated rings. The SMILES string of the molecule is C=C1C(=O)N[C@H](C)C(=O)N[C@@H](C[C@@H](C)CC)C(=O)N[C@@H](C(=O)O)[C@H](C)C(=O)N[C@@H](CCCCN=C(N)N)C(=O)N[C@@H](/C=C/C(C)=C/[C@H](C)[C@H](Cc2ccccc2)OC(C)=O)[C@H](C)C(=O)N[C@@H](C(=O)O)CCC(=O)N1C. The normalized spacial score (nSPS) is 24.9. The summed E-state index contributed by atoms with van der Waals surface area (Å²) in [4.78, 5) is 139. The number of esters is 1. The van der Waals surface area contributed by atoms with E-state index in [9.17, 15) is 58.2 Å². The number of amides is 7. The van der Waals surface area contributed by atoms with E-state index in [-0.39, 0.29) is 43.6 Å². The van der Waals surface area contributed by atoms with Crippen molar-refractivity contribution in [3.8, 4) is 0 Å². The Balaban J connectivity index is 2.77. The van der Waals surface area contributed by atoms with Gasteiger partial charge in [0.2, 0.25) is 35.4 Å². The third-order valence-electron chi connectivity index (χ3n) is 12.9. The second-order valence-corrected chi connectivity index (χ2v) is 19.1. The van der Waals surface area contributed by atoms with Gasteiger partial charge in [0.15, 0.2) is 5.96 Å². The first kappa shape index (κ1) is 63.5. The number of benzene rings is 1. The van der Waals surface area contributed by atoms with Crippen LogP contribution in [0.5, 0.6) is 0 Å². The summed E-state index contributed by atoms with van der Waals surface area (Å²) in [7, 11) is 1.21. The zero-order chi connectivity index (χ0) is 56.7. The van der Waals surface area contributed by atoms with E-state index in [0.29, 0.717) is 24.8 Å². The van der Waals surface area contributed by atoms with Gasteiger partial charge in [-0.15, -0.1) is 0 Å². The lowest BCUT2D eigenvalue weighted by molar-refractivity contribution is -0.148. The first-order valence-corrected chi connectivity index (χ1v) is 25.0. The second-order valence-electron chi connectivity index (χ2n) is 19.1. The summed E-state index contributed by atoms with van der Waals surface area (Å²) in [5.74, 6) is -13.3. The highest BCUT2D eigenvalue weighted by Crippen LogP contribution is 2.20. The van der Waals surface area contributed by atoms with Gasteiger partial charge in [0.05, 0.1) is 17.9 Å². The van der Waals surface area contributed by atoms with Gasteiger partial charge >= 0.3 is 17.9 Å². The van der Waals surface area contributed by atoms with Crippen LogP contribution in [0.15, 0.2) is 71.4 Å². The molecule has 11 atom stereocenters. The van der Waals surface area contributed by atoms with Gasteiger partial charge in [-0.2, -0.15) is 0 Å². The topological polar surface area (TPSA) is 360 Å². The van der Waals surface area contributed by atoms with Crippen LogP contribution >= 0.6 is 0 Å². The first-order chi connectivity index (χ1) is 35.2. The fourth-order valence-corrected chi connectivity index (χ4v) is 7.78. The van der Waals surface area contributed by atoms with Crippen LogP contribution < -0.4 is 43.4 Å². The smallest absolute Gasteiger partial charge is 0.327 e. The number of carboxylic acids is 2. The maximum absolute atomic E-state index is 14.5. The number of carbonyl (C=O) groups excluding carboxylic acids is 8. The highest BCUT2D eigenvalue weighted by molar-refractivity contribution is 6.00. The average Bonchev–Trinajstić information content (AvgIpc) is 3.35. The highest BCUT2D eigenvalue weighted by atomic mass is 16.5. The van der Waals surface area contributed by atoms with E-state index in [1.165, 1.54) is 40.8 Å². The quantitative estimate of drug-likeness (QED) is 0.0263. The summed E-state index contributed by atoms with van der Waals surface area (Å²) < 4.78 is 5.69. The monoisotopic (exact) mass is 1050 g/mol. The van der Waals surface area contributed by atoms with Crippen molar-refractivity contribution in [1.82, 2.24) is 36.8 Å². The molecule has 2 rings (SSSR count). The number of aliphatic imine (C=N–C) groups is 1. The molecule has 23 heteroatoms. The van der Waals surface area contributed by atoms with Crippen LogP contribution in [0.25, 0.3) is 0 Å². The average molecular weight is 1050 g/mol. The molecule has 75 heavy (non-hydrogen) atoms. The van der Waals surface area contributed by atoms with Gasteiger partial charge in [-0.1, -0.05) is 102 Å². The van der Waals surface area contributed by atoms with E-state index >= 15 is 0 Å². The Kier molecular flexibility index (Phi) is 26.4. The number of nitrogens with zero attached hydrogens (tertiary/aromatic N) is 2. The minimum absolute atomic E-state index is 0.0217. The van der Waals surface area contributed by atoms with Crippen molar-refractivity contribution < 1.29 is 62.9 Å². The molecule has 1 aromatic carbocycles. The number of allylic oxidation sites excluding steroid dienone is 2. The number of nitrogens with two attached hydrogens (primary N) is 2. The maximum atomic E-state index is 14.5. The Morgan fingerprint density at radius 3 is 2.03 bits per heavy atom.